The molecule has 1 aliphatic heterocycles. The van der Waals surface area contributed by atoms with Gasteiger partial charge in [0.1, 0.15) is 3.74 Å². The first-order chi connectivity index (χ1) is 8.59. The summed E-state index contributed by atoms with van der Waals surface area (Å²) in [6.07, 6.45) is 0. The van der Waals surface area contributed by atoms with E-state index in [1.807, 2.05) is 6.07 Å². The normalized spacial score (nSPS) is 16.1. The van der Waals surface area contributed by atoms with Gasteiger partial charge in [-0.1, -0.05) is 31.9 Å². The van der Waals surface area contributed by atoms with Crippen LogP contribution in [0.5, 0.6) is 0 Å². The van der Waals surface area contributed by atoms with Crippen LogP contribution in [0.25, 0.3) is 0 Å². The van der Waals surface area contributed by atoms with Crippen molar-refractivity contribution in [1.29, 1.82) is 0 Å². The molecule has 0 N–H and O–H groups in total. The van der Waals surface area contributed by atoms with E-state index in [-0.39, 0.29) is 14.3 Å². The van der Waals surface area contributed by atoms with Crippen molar-refractivity contribution in [2.45, 2.75) is 3.74 Å². The smallest absolute Gasteiger partial charge is 0.274 e. The predicted molar refractivity (Wildman–Crippen MR) is 76.7 cm³/mol. The minimum Gasteiger partial charge on any atom is -0.378 e. The van der Waals surface area contributed by atoms with Crippen LogP contribution in [0.15, 0.2) is 18.2 Å². The molecule has 1 aliphatic rings. The summed E-state index contributed by atoms with van der Waals surface area (Å²) in [6, 6.07) is 5.18. The Hall–Kier alpha value is -0.660. The lowest BCUT2D eigenvalue weighted by Crippen LogP contribution is -2.36. The molecule has 5 nitrogen and oxygen atoms in total. The van der Waals surface area contributed by atoms with Gasteiger partial charge in [0.25, 0.3) is 5.69 Å². The van der Waals surface area contributed by atoms with Crippen LogP contribution in [-0.4, -0.2) is 31.2 Å². The second-order valence-electron chi connectivity index (χ2n) is 3.90. The fourth-order valence-electron chi connectivity index (χ4n) is 1.90. The van der Waals surface area contributed by atoms with Crippen molar-refractivity contribution in [2.75, 3.05) is 31.2 Å². The minimum atomic E-state index is -0.367. The number of nitro benzene ring substituents is 1. The van der Waals surface area contributed by atoms with Crippen molar-refractivity contribution in [3.05, 3.63) is 33.9 Å². The van der Waals surface area contributed by atoms with Gasteiger partial charge in [-0.05, 0) is 12.1 Å². The first-order valence-electron chi connectivity index (χ1n) is 5.49. The number of halogens is 2. The summed E-state index contributed by atoms with van der Waals surface area (Å²) in [5.74, 6) is 0. The van der Waals surface area contributed by atoms with Crippen LogP contribution in [0.2, 0.25) is 0 Å². The van der Waals surface area contributed by atoms with Gasteiger partial charge in [0.2, 0.25) is 0 Å². The predicted octanol–water partition coefficient (Wildman–Crippen LogP) is 3.22. The molecule has 0 aliphatic carbocycles. The zero-order valence-corrected chi connectivity index (χ0v) is 12.7. The van der Waals surface area contributed by atoms with Crippen LogP contribution < -0.4 is 4.90 Å². The average molecular weight is 380 g/mol. The number of nitro groups is 1. The van der Waals surface area contributed by atoms with Gasteiger partial charge in [-0.25, -0.2) is 0 Å². The number of nitrogens with zero attached hydrogens (tertiary/aromatic N) is 2. The molecular formula is C11H12Br2N2O3. The molecule has 0 spiro atoms. The summed E-state index contributed by atoms with van der Waals surface area (Å²) in [4.78, 5) is 12.7. The van der Waals surface area contributed by atoms with Crippen molar-refractivity contribution in [2.24, 2.45) is 0 Å². The number of ether oxygens (including phenoxy) is 1. The van der Waals surface area contributed by atoms with Gasteiger partial charge in [-0.3, -0.25) is 10.1 Å². The lowest BCUT2D eigenvalue weighted by molar-refractivity contribution is -0.385. The molecule has 0 atom stereocenters. The van der Waals surface area contributed by atoms with Gasteiger partial charge in [-0.15, -0.1) is 0 Å². The highest BCUT2D eigenvalue weighted by Crippen LogP contribution is 2.38. The minimum absolute atomic E-state index is 0.116. The van der Waals surface area contributed by atoms with Gasteiger partial charge < -0.3 is 9.64 Å². The first-order valence-corrected chi connectivity index (χ1v) is 7.32. The third-order valence-corrected chi connectivity index (χ3v) is 3.81. The first kappa shape index (κ1) is 13.8. The second-order valence-corrected chi connectivity index (χ2v) is 6.96. The summed E-state index contributed by atoms with van der Waals surface area (Å²) in [7, 11) is 0. The molecule has 18 heavy (non-hydrogen) atoms. The molecule has 1 aromatic rings. The molecule has 0 amide bonds. The van der Waals surface area contributed by atoms with E-state index < -0.39 is 0 Å². The highest BCUT2D eigenvalue weighted by Gasteiger charge is 2.21. The Kier molecular flexibility index (Phi) is 4.58. The van der Waals surface area contributed by atoms with E-state index in [0.717, 1.165) is 18.8 Å². The van der Waals surface area contributed by atoms with Gasteiger partial charge in [0.15, 0.2) is 0 Å². The maximum absolute atomic E-state index is 10.9. The summed E-state index contributed by atoms with van der Waals surface area (Å²) in [5, 5.41) is 10.9. The fourth-order valence-corrected chi connectivity index (χ4v) is 2.63. The van der Waals surface area contributed by atoms with E-state index in [4.69, 9.17) is 4.74 Å². The van der Waals surface area contributed by atoms with Crippen molar-refractivity contribution < 1.29 is 9.66 Å². The molecule has 1 heterocycles. The Morgan fingerprint density at radius 2 is 2.00 bits per heavy atom. The number of alkyl halides is 2. The Morgan fingerprint density at radius 1 is 1.33 bits per heavy atom. The second kappa shape index (κ2) is 5.99. The topological polar surface area (TPSA) is 55.6 Å². The number of morpholine rings is 1. The standard InChI is InChI=1S/C11H12Br2N2O3/c12-11(13)9-7-8(1-2-10(9)15(16)17)14-3-5-18-6-4-14/h1-2,7,11H,3-6H2. The number of anilines is 1. The third kappa shape index (κ3) is 3.02. The van der Waals surface area contributed by atoms with Crippen LogP contribution in [-0.2, 0) is 4.74 Å². The van der Waals surface area contributed by atoms with Crippen LogP contribution in [0.1, 0.15) is 9.30 Å². The van der Waals surface area contributed by atoms with Crippen molar-refractivity contribution >= 4 is 43.2 Å². The zero-order chi connectivity index (χ0) is 13.1. The molecule has 0 saturated carbocycles. The molecule has 0 aromatic heterocycles. The van der Waals surface area contributed by atoms with E-state index in [0.29, 0.717) is 18.8 Å². The molecule has 2 rings (SSSR count). The molecule has 1 fully saturated rings. The van der Waals surface area contributed by atoms with Crippen molar-refractivity contribution in [1.82, 2.24) is 0 Å². The Balaban J connectivity index is 2.33. The molecule has 0 radical (unpaired) electrons. The maximum atomic E-state index is 10.9. The fraction of sp³-hybridized carbons (Fsp3) is 0.455. The highest BCUT2D eigenvalue weighted by molar-refractivity contribution is 9.24. The summed E-state index contributed by atoms with van der Waals surface area (Å²) in [5.41, 5.74) is 1.73. The lowest BCUT2D eigenvalue weighted by atomic mass is 10.1. The summed E-state index contributed by atoms with van der Waals surface area (Å²) >= 11 is 6.66. The van der Waals surface area contributed by atoms with E-state index in [1.54, 1.807) is 12.1 Å². The molecule has 7 heteroatoms. The SMILES string of the molecule is O=[N+]([O-])c1ccc(N2CCOCC2)cc1C(Br)Br. The van der Waals surface area contributed by atoms with E-state index in [9.17, 15) is 10.1 Å². The number of rotatable bonds is 3. The molecule has 0 bridgehead atoms. The number of hydrogen-bond donors (Lipinski definition) is 0. The van der Waals surface area contributed by atoms with Crippen LogP contribution >= 0.6 is 31.9 Å². The maximum Gasteiger partial charge on any atom is 0.274 e. The van der Waals surface area contributed by atoms with E-state index in [1.165, 1.54) is 0 Å². The Bertz CT molecular complexity index is 448. The van der Waals surface area contributed by atoms with Gasteiger partial charge >= 0.3 is 0 Å². The third-order valence-electron chi connectivity index (χ3n) is 2.82. The largest absolute Gasteiger partial charge is 0.378 e. The Labute approximate surface area is 122 Å². The van der Waals surface area contributed by atoms with E-state index in [2.05, 4.69) is 36.8 Å². The number of hydrogen-bond acceptors (Lipinski definition) is 4. The van der Waals surface area contributed by atoms with Crippen molar-refractivity contribution in [3.8, 4) is 0 Å². The van der Waals surface area contributed by atoms with Gasteiger partial charge in [0, 0.05) is 24.8 Å². The monoisotopic (exact) mass is 378 g/mol. The molecule has 98 valence electrons. The zero-order valence-electron chi connectivity index (χ0n) is 9.51. The van der Waals surface area contributed by atoms with E-state index >= 15 is 0 Å². The lowest BCUT2D eigenvalue weighted by Gasteiger charge is -2.29. The molecule has 0 unspecified atom stereocenters. The van der Waals surface area contributed by atoms with Crippen LogP contribution in [0, 0.1) is 10.1 Å². The molecule has 1 saturated heterocycles. The summed E-state index contributed by atoms with van der Waals surface area (Å²) in [6.45, 7) is 3.01. The van der Waals surface area contributed by atoms with Crippen molar-refractivity contribution in [3.63, 3.8) is 0 Å². The molecular weight excluding hydrogens is 368 g/mol. The molecule has 1 aromatic carbocycles. The highest BCUT2D eigenvalue weighted by atomic mass is 79.9. The number of benzene rings is 1. The summed E-state index contributed by atoms with van der Waals surface area (Å²) < 4.78 is 5.06. The average Bonchev–Trinajstić information content (AvgIpc) is 2.39. The van der Waals surface area contributed by atoms with Gasteiger partial charge in [0.05, 0.1) is 23.7 Å². The van der Waals surface area contributed by atoms with Crippen LogP contribution in [0.3, 0.4) is 0 Å². The van der Waals surface area contributed by atoms with Crippen LogP contribution in [0.4, 0.5) is 11.4 Å². The quantitative estimate of drug-likeness (QED) is 0.459. The Morgan fingerprint density at radius 3 is 2.56 bits per heavy atom. The van der Waals surface area contributed by atoms with Gasteiger partial charge in [-0.2, -0.15) is 0 Å².